The average molecular weight is 241 g/mol. The topological polar surface area (TPSA) is 18.5 Å². The van der Waals surface area contributed by atoms with Gasteiger partial charge in [-0.3, -0.25) is 4.90 Å². The SMILES string of the molecule is CCNC(CN1CCCN(C)CC1C)C(C)C. The Bertz CT molecular complexity index is 206. The van der Waals surface area contributed by atoms with Crippen LogP contribution >= 0.6 is 0 Å². The summed E-state index contributed by atoms with van der Waals surface area (Å²) >= 11 is 0. The van der Waals surface area contributed by atoms with Crippen molar-refractivity contribution in [2.45, 2.75) is 46.2 Å². The molecule has 0 aromatic carbocycles. The minimum atomic E-state index is 0.630. The van der Waals surface area contributed by atoms with Crippen LogP contribution in [0.5, 0.6) is 0 Å². The second-order valence-electron chi connectivity index (χ2n) is 5.87. The van der Waals surface area contributed by atoms with Crippen LogP contribution < -0.4 is 5.32 Å². The van der Waals surface area contributed by atoms with Crippen LogP contribution in [-0.4, -0.2) is 61.7 Å². The first-order valence-electron chi connectivity index (χ1n) is 7.20. The molecule has 1 saturated heterocycles. The molecule has 3 heteroatoms. The number of rotatable bonds is 5. The van der Waals surface area contributed by atoms with Gasteiger partial charge in [0.2, 0.25) is 0 Å². The predicted octanol–water partition coefficient (Wildman–Crippen LogP) is 1.65. The molecule has 1 heterocycles. The number of hydrogen-bond acceptors (Lipinski definition) is 3. The van der Waals surface area contributed by atoms with Gasteiger partial charge in [-0.25, -0.2) is 0 Å². The van der Waals surface area contributed by atoms with E-state index in [-0.39, 0.29) is 0 Å². The molecule has 1 aliphatic rings. The highest BCUT2D eigenvalue weighted by molar-refractivity contribution is 4.81. The maximum absolute atomic E-state index is 3.63. The zero-order valence-electron chi connectivity index (χ0n) is 12.4. The van der Waals surface area contributed by atoms with Crippen LogP contribution in [0.3, 0.4) is 0 Å². The van der Waals surface area contributed by atoms with Crippen LogP contribution in [0.2, 0.25) is 0 Å². The molecule has 102 valence electrons. The van der Waals surface area contributed by atoms with E-state index in [1.807, 2.05) is 0 Å². The summed E-state index contributed by atoms with van der Waals surface area (Å²) in [6.45, 7) is 15.2. The summed E-state index contributed by atoms with van der Waals surface area (Å²) in [6, 6.07) is 1.31. The largest absolute Gasteiger partial charge is 0.313 e. The van der Waals surface area contributed by atoms with Crippen molar-refractivity contribution in [2.24, 2.45) is 5.92 Å². The fourth-order valence-electron chi connectivity index (χ4n) is 2.72. The maximum atomic E-state index is 3.63. The average Bonchev–Trinajstić information content (AvgIpc) is 2.40. The fraction of sp³-hybridized carbons (Fsp3) is 1.00. The van der Waals surface area contributed by atoms with E-state index in [2.05, 4.69) is 49.9 Å². The Morgan fingerprint density at radius 1 is 1.29 bits per heavy atom. The first-order chi connectivity index (χ1) is 8.04. The molecule has 0 spiro atoms. The van der Waals surface area contributed by atoms with Gasteiger partial charge in [0.15, 0.2) is 0 Å². The first-order valence-corrected chi connectivity index (χ1v) is 7.20. The van der Waals surface area contributed by atoms with E-state index in [1.165, 1.54) is 32.6 Å². The van der Waals surface area contributed by atoms with Crippen molar-refractivity contribution in [1.82, 2.24) is 15.1 Å². The van der Waals surface area contributed by atoms with Crippen molar-refractivity contribution in [2.75, 3.05) is 39.8 Å². The quantitative estimate of drug-likeness (QED) is 0.789. The van der Waals surface area contributed by atoms with Gasteiger partial charge in [0.1, 0.15) is 0 Å². The molecule has 1 N–H and O–H groups in total. The Kier molecular flexibility index (Phi) is 6.45. The van der Waals surface area contributed by atoms with Gasteiger partial charge in [0.05, 0.1) is 0 Å². The summed E-state index contributed by atoms with van der Waals surface area (Å²) in [5.74, 6) is 0.711. The molecular formula is C14H31N3. The monoisotopic (exact) mass is 241 g/mol. The number of nitrogens with one attached hydrogen (secondary N) is 1. The molecule has 0 aromatic heterocycles. The van der Waals surface area contributed by atoms with Crippen LogP contribution in [0.4, 0.5) is 0 Å². The van der Waals surface area contributed by atoms with Crippen molar-refractivity contribution in [3.63, 3.8) is 0 Å². The van der Waals surface area contributed by atoms with Crippen LogP contribution in [-0.2, 0) is 0 Å². The Morgan fingerprint density at radius 2 is 2.00 bits per heavy atom. The number of hydrogen-bond donors (Lipinski definition) is 1. The van der Waals surface area contributed by atoms with Gasteiger partial charge in [-0.1, -0.05) is 20.8 Å². The zero-order valence-corrected chi connectivity index (χ0v) is 12.4. The van der Waals surface area contributed by atoms with Crippen molar-refractivity contribution in [3.8, 4) is 0 Å². The molecule has 2 unspecified atom stereocenters. The van der Waals surface area contributed by atoms with Gasteiger partial charge in [0, 0.05) is 25.2 Å². The summed E-state index contributed by atoms with van der Waals surface area (Å²) < 4.78 is 0. The molecule has 0 aromatic rings. The third-order valence-electron chi connectivity index (χ3n) is 3.89. The zero-order chi connectivity index (χ0) is 12.8. The van der Waals surface area contributed by atoms with E-state index < -0.39 is 0 Å². The van der Waals surface area contributed by atoms with Gasteiger partial charge in [0.25, 0.3) is 0 Å². The predicted molar refractivity (Wildman–Crippen MR) is 75.5 cm³/mol. The van der Waals surface area contributed by atoms with Crippen molar-refractivity contribution >= 4 is 0 Å². The van der Waals surface area contributed by atoms with E-state index >= 15 is 0 Å². The Balaban J connectivity index is 2.51. The van der Waals surface area contributed by atoms with E-state index in [0.29, 0.717) is 18.0 Å². The third kappa shape index (κ3) is 4.94. The molecule has 1 fully saturated rings. The molecule has 3 nitrogen and oxygen atoms in total. The van der Waals surface area contributed by atoms with E-state index in [1.54, 1.807) is 0 Å². The summed E-state index contributed by atoms with van der Waals surface area (Å²) in [7, 11) is 2.24. The van der Waals surface area contributed by atoms with E-state index in [0.717, 1.165) is 6.54 Å². The highest BCUT2D eigenvalue weighted by Crippen LogP contribution is 2.12. The van der Waals surface area contributed by atoms with Crippen molar-refractivity contribution < 1.29 is 0 Å². The molecular weight excluding hydrogens is 210 g/mol. The van der Waals surface area contributed by atoms with Crippen molar-refractivity contribution in [1.29, 1.82) is 0 Å². The van der Waals surface area contributed by atoms with Gasteiger partial charge in [-0.2, -0.15) is 0 Å². The molecule has 1 aliphatic heterocycles. The van der Waals surface area contributed by atoms with Crippen molar-refractivity contribution in [3.05, 3.63) is 0 Å². The lowest BCUT2D eigenvalue weighted by molar-refractivity contribution is 0.169. The standard InChI is InChI=1S/C14H31N3/c1-6-15-14(12(2)3)11-17-9-7-8-16(5)10-13(17)4/h12-15H,6-11H2,1-5H3. The van der Waals surface area contributed by atoms with E-state index in [4.69, 9.17) is 0 Å². The van der Waals surface area contributed by atoms with Gasteiger partial charge < -0.3 is 10.2 Å². The van der Waals surface area contributed by atoms with Crippen LogP contribution in [0.1, 0.15) is 34.1 Å². The Morgan fingerprint density at radius 3 is 2.59 bits per heavy atom. The maximum Gasteiger partial charge on any atom is 0.0217 e. The summed E-state index contributed by atoms with van der Waals surface area (Å²) in [5.41, 5.74) is 0. The summed E-state index contributed by atoms with van der Waals surface area (Å²) in [4.78, 5) is 5.12. The highest BCUT2D eigenvalue weighted by atomic mass is 15.2. The van der Waals surface area contributed by atoms with E-state index in [9.17, 15) is 0 Å². The molecule has 0 saturated carbocycles. The lowest BCUT2D eigenvalue weighted by Gasteiger charge is -2.33. The number of nitrogens with zero attached hydrogens (tertiary/aromatic N) is 2. The lowest BCUT2D eigenvalue weighted by Crippen LogP contribution is -2.48. The Hall–Kier alpha value is -0.120. The molecule has 0 bridgehead atoms. The lowest BCUT2D eigenvalue weighted by atomic mass is 10.0. The van der Waals surface area contributed by atoms with Crippen LogP contribution in [0, 0.1) is 5.92 Å². The molecule has 1 rings (SSSR count). The molecule has 17 heavy (non-hydrogen) atoms. The summed E-state index contributed by atoms with van der Waals surface area (Å²) in [5, 5.41) is 3.63. The van der Waals surface area contributed by atoms with Gasteiger partial charge >= 0.3 is 0 Å². The number of likely N-dealkylation sites (N-methyl/N-ethyl adjacent to an activating group) is 2. The fourth-order valence-corrected chi connectivity index (χ4v) is 2.72. The first kappa shape index (κ1) is 14.9. The Labute approximate surface area is 108 Å². The molecule has 0 amide bonds. The normalized spacial score (nSPS) is 26.1. The third-order valence-corrected chi connectivity index (χ3v) is 3.89. The van der Waals surface area contributed by atoms with Gasteiger partial charge in [-0.15, -0.1) is 0 Å². The van der Waals surface area contributed by atoms with Gasteiger partial charge in [-0.05, 0) is 45.9 Å². The second-order valence-corrected chi connectivity index (χ2v) is 5.87. The minimum Gasteiger partial charge on any atom is -0.313 e. The van der Waals surface area contributed by atoms with Crippen LogP contribution in [0.25, 0.3) is 0 Å². The molecule has 2 atom stereocenters. The molecule has 0 aliphatic carbocycles. The molecule has 0 radical (unpaired) electrons. The minimum absolute atomic E-state index is 0.630. The summed E-state index contributed by atoms with van der Waals surface area (Å²) in [6.07, 6.45) is 1.30. The van der Waals surface area contributed by atoms with Crippen LogP contribution in [0.15, 0.2) is 0 Å². The second kappa shape index (κ2) is 7.34. The highest BCUT2D eigenvalue weighted by Gasteiger charge is 2.23. The smallest absolute Gasteiger partial charge is 0.0217 e.